The molecule has 2 atom stereocenters. The quantitative estimate of drug-likeness (QED) is 0.757. The molecule has 0 spiro atoms. The fourth-order valence-corrected chi connectivity index (χ4v) is 2.53. The fourth-order valence-electron chi connectivity index (χ4n) is 2.53. The van der Waals surface area contributed by atoms with Gasteiger partial charge in [-0.05, 0) is 38.3 Å². The van der Waals surface area contributed by atoms with Gasteiger partial charge >= 0.3 is 0 Å². The first kappa shape index (κ1) is 15.4. The summed E-state index contributed by atoms with van der Waals surface area (Å²) in [4.78, 5) is 0. The van der Waals surface area contributed by atoms with Gasteiger partial charge in [-0.1, -0.05) is 36.4 Å². The van der Waals surface area contributed by atoms with Crippen LogP contribution in [0.3, 0.4) is 0 Å². The van der Waals surface area contributed by atoms with Gasteiger partial charge in [-0.15, -0.1) is 0 Å². The van der Waals surface area contributed by atoms with E-state index in [1.807, 2.05) is 13.0 Å². The number of aryl methyl sites for hydroxylation is 1. The molecule has 112 valence electrons. The van der Waals surface area contributed by atoms with Crippen LogP contribution in [-0.4, -0.2) is 16.3 Å². The van der Waals surface area contributed by atoms with E-state index in [4.69, 9.17) is 0 Å². The monoisotopic (exact) mass is 285 g/mol. The predicted molar refractivity (Wildman–Crippen MR) is 85.5 cm³/mol. The Kier molecular flexibility index (Phi) is 5.23. The van der Waals surface area contributed by atoms with Crippen molar-refractivity contribution in [2.45, 2.75) is 38.8 Å². The van der Waals surface area contributed by atoms with Gasteiger partial charge < -0.3 is 15.5 Å². The van der Waals surface area contributed by atoms with E-state index in [-0.39, 0.29) is 17.5 Å². The average Bonchev–Trinajstić information content (AvgIpc) is 2.46. The van der Waals surface area contributed by atoms with Crippen molar-refractivity contribution in [2.75, 3.05) is 0 Å². The SMILES string of the molecule is CC(CCc1ccccc1)NC(C)c1ccc(O)cc1O. The van der Waals surface area contributed by atoms with Crippen molar-refractivity contribution in [1.29, 1.82) is 0 Å². The number of phenolic OH excluding ortho intramolecular Hbond substituents is 2. The third-order valence-corrected chi connectivity index (χ3v) is 3.72. The molecule has 0 saturated carbocycles. The van der Waals surface area contributed by atoms with Crippen molar-refractivity contribution in [3.63, 3.8) is 0 Å². The fraction of sp³-hybridized carbons (Fsp3) is 0.333. The number of benzene rings is 2. The van der Waals surface area contributed by atoms with Crippen molar-refractivity contribution in [3.8, 4) is 11.5 Å². The maximum atomic E-state index is 9.88. The molecule has 2 rings (SSSR count). The highest BCUT2D eigenvalue weighted by Crippen LogP contribution is 2.28. The molecule has 2 aromatic rings. The number of nitrogens with one attached hydrogen (secondary N) is 1. The zero-order valence-corrected chi connectivity index (χ0v) is 12.6. The van der Waals surface area contributed by atoms with Gasteiger partial charge in [0.25, 0.3) is 0 Å². The number of hydrogen-bond donors (Lipinski definition) is 3. The Labute approximate surface area is 126 Å². The van der Waals surface area contributed by atoms with Gasteiger partial charge in [0, 0.05) is 23.7 Å². The van der Waals surface area contributed by atoms with Crippen molar-refractivity contribution >= 4 is 0 Å². The van der Waals surface area contributed by atoms with Gasteiger partial charge in [0.05, 0.1) is 0 Å². The van der Waals surface area contributed by atoms with Crippen molar-refractivity contribution in [1.82, 2.24) is 5.32 Å². The van der Waals surface area contributed by atoms with Gasteiger partial charge in [0.1, 0.15) is 11.5 Å². The van der Waals surface area contributed by atoms with Crippen molar-refractivity contribution in [3.05, 3.63) is 59.7 Å². The number of rotatable bonds is 6. The Bertz CT molecular complexity index is 569. The Morgan fingerprint density at radius 2 is 1.71 bits per heavy atom. The van der Waals surface area contributed by atoms with Crippen LogP contribution < -0.4 is 5.32 Å². The maximum Gasteiger partial charge on any atom is 0.124 e. The standard InChI is InChI=1S/C18H23NO2/c1-13(8-9-15-6-4-3-5-7-15)19-14(2)17-11-10-16(20)12-18(17)21/h3-7,10-14,19-21H,8-9H2,1-2H3. The van der Waals surface area contributed by atoms with Crippen LogP contribution in [-0.2, 0) is 6.42 Å². The average molecular weight is 285 g/mol. The molecule has 3 heteroatoms. The van der Waals surface area contributed by atoms with Crippen LogP contribution in [0.25, 0.3) is 0 Å². The molecule has 0 radical (unpaired) electrons. The highest BCUT2D eigenvalue weighted by Gasteiger charge is 2.13. The molecule has 0 heterocycles. The second kappa shape index (κ2) is 7.14. The van der Waals surface area contributed by atoms with E-state index < -0.39 is 0 Å². The lowest BCUT2D eigenvalue weighted by molar-refractivity contribution is 0.418. The largest absolute Gasteiger partial charge is 0.508 e. The molecule has 0 aliphatic heterocycles. The normalized spacial score (nSPS) is 13.8. The summed E-state index contributed by atoms with van der Waals surface area (Å²) in [5, 5.41) is 22.7. The Morgan fingerprint density at radius 3 is 2.38 bits per heavy atom. The molecule has 0 aliphatic carbocycles. The van der Waals surface area contributed by atoms with E-state index in [0.717, 1.165) is 18.4 Å². The van der Waals surface area contributed by atoms with E-state index >= 15 is 0 Å². The zero-order chi connectivity index (χ0) is 15.2. The highest BCUT2D eigenvalue weighted by atomic mass is 16.3. The molecule has 0 fully saturated rings. The second-order valence-corrected chi connectivity index (χ2v) is 5.56. The molecule has 0 saturated heterocycles. The minimum atomic E-state index is 0.0383. The third-order valence-electron chi connectivity index (χ3n) is 3.72. The lowest BCUT2D eigenvalue weighted by atomic mass is 10.0. The smallest absolute Gasteiger partial charge is 0.124 e. The predicted octanol–water partition coefficient (Wildman–Crippen LogP) is 3.77. The summed E-state index contributed by atoms with van der Waals surface area (Å²) < 4.78 is 0. The molecule has 2 unspecified atom stereocenters. The Morgan fingerprint density at radius 1 is 1.00 bits per heavy atom. The molecule has 0 aromatic heterocycles. The molecule has 3 N–H and O–H groups in total. The molecule has 0 bridgehead atoms. The number of phenols is 2. The second-order valence-electron chi connectivity index (χ2n) is 5.56. The van der Waals surface area contributed by atoms with E-state index in [1.165, 1.54) is 11.6 Å². The minimum absolute atomic E-state index is 0.0383. The maximum absolute atomic E-state index is 9.88. The van der Waals surface area contributed by atoms with Crippen LogP contribution in [0, 0.1) is 0 Å². The first-order valence-corrected chi connectivity index (χ1v) is 7.38. The number of hydrogen-bond acceptors (Lipinski definition) is 3. The molecule has 2 aromatic carbocycles. The number of aromatic hydroxyl groups is 2. The van der Waals surface area contributed by atoms with Crippen molar-refractivity contribution < 1.29 is 10.2 Å². The topological polar surface area (TPSA) is 52.5 Å². The van der Waals surface area contributed by atoms with Crippen LogP contribution in [0.4, 0.5) is 0 Å². The van der Waals surface area contributed by atoms with Gasteiger partial charge in [-0.3, -0.25) is 0 Å². The van der Waals surface area contributed by atoms with E-state index in [9.17, 15) is 10.2 Å². The van der Waals surface area contributed by atoms with Crippen LogP contribution in [0.5, 0.6) is 11.5 Å². The summed E-state index contributed by atoms with van der Waals surface area (Å²) in [5.74, 6) is 0.214. The van der Waals surface area contributed by atoms with E-state index in [0.29, 0.717) is 6.04 Å². The van der Waals surface area contributed by atoms with Crippen LogP contribution in [0.15, 0.2) is 48.5 Å². The van der Waals surface area contributed by atoms with Gasteiger partial charge in [0.15, 0.2) is 0 Å². The minimum Gasteiger partial charge on any atom is -0.508 e. The molecular weight excluding hydrogens is 262 g/mol. The molecule has 0 amide bonds. The summed E-state index contributed by atoms with van der Waals surface area (Å²) in [6.07, 6.45) is 2.07. The lowest BCUT2D eigenvalue weighted by Crippen LogP contribution is -2.29. The summed E-state index contributed by atoms with van der Waals surface area (Å²) in [6.45, 7) is 4.17. The van der Waals surface area contributed by atoms with Crippen LogP contribution in [0.2, 0.25) is 0 Å². The first-order chi connectivity index (χ1) is 10.1. The summed E-state index contributed by atoms with van der Waals surface area (Å²) in [6, 6.07) is 15.5. The van der Waals surface area contributed by atoms with E-state index in [1.54, 1.807) is 12.1 Å². The molecular formula is C18H23NO2. The zero-order valence-electron chi connectivity index (χ0n) is 12.6. The summed E-state index contributed by atoms with van der Waals surface area (Å²) in [5.41, 5.74) is 2.14. The third kappa shape index (κ3) is 4.50. The molecule has 0 aliphatic rings. The van der Waals surface area contributed by atoms with Crippen LogP contribution in [0.1, 0.15) is 37.4 Å². The summed E-state index contributed by atoms with van der Waals surface area (Å²) >= 11 is 0. The summed E-state index contributed by atoms with van der Waals surface area (Å²) in [7, 11) is 0. The van der Waals surface area contributed by atoms with E-state index in [2.05, 4.69) is 36.5 Å². The first-order valence-electron chi connectivity index (χ1n) is 7.38. The molecule has 3 nitrogen and oxygen atoms in total. The Balaban J connectivity index is 1.88. The van der Waals surface area contributed by atoms with Gasteiger partial charge in [-0.25, -0.2) is 0 Å². The lowest BCUT2D eigenvalue weighted by Gasteiger charge is -2.21. The van der Waals surface area contributed by atoms with Gasteiger partial charge in [-0.2, -0.15) is 0 Å². The highest BCUT2D eigenvalue weighted by molar-refractivity contribution is 5.40. The molecule has 21 heavy (non-hydrogen) atoms. The van der Waals surface area contributed by atoms with Crippen LogP contribution >= 0.6 is 0 Å². The van der Waals surface area contributed by atoms with Gasteiger partial charge in [0.2, 0.25) is 0 Å². The Hall–Kier alpha value is -2.00. The van der Waals surface area contributed by atoms with Crippen molar-refractivity contribution in [2.24, 2.45) is 0 Å².